The highest BCUT2D eigenvalue weighted by Crippen LogP contribution is 2.49. The van der Waals surface area contributed by atoms with Gasteiger partial charge >= 0.3 is 0 Å². The molecule has 3 nitrogen and oxygen atoms in total. The molecule has 0 amide bonds. The van der Waals surface area contributed by atoms with Crippen molar-refractivity contribution in [1.29, 1.82) is 0 Å². The van der Waals surface area contributed by atoms with Crippen molar-refractivity contribution in [2.24, 2.45) is 5.92 Å². The van der Waals surface area contributed by atoms with E-state index in [1.54, 1.807) is 0 Å². The van der Waals surface area contributed by atoms with Crippen LogP contribution < -0.4 is 0 Å². The van der Waals surface area contributed by atoms with Crippen molar-refractivity contribution in [3.05, 3.63) is 71.8 Å². The highest BCUT2D eigenvalue weighted by molar-refractivity contribution is 5.23. The maximum atomic E-state index is 10.3. The third-order valence-electron chi connectivity index (χ3n) is 6.10. The first-order chi connectivity index (χ1) is 12.8. The van der Waals surface area contributed by atoms with Crippen molar-refractivity contribution in [3.63, 3.8) is 0 Å². The summed E-state index contributed by atoms with van der Waals surface area (Å²) in [4.78, 5) is 0. The molecule has 2 aromatic carbocycles. The lowest BCUT2D eigenvalue weighted by Gasteiger charge is -2.53. The second-order valence-electron chi connectivity index (χ2n) is 7.68. The van der Waals surface area contributed by atoms with E-state index in [0.717, 1.165) is 37.7 Å². The van der Waals surface area contributed by atoms with Crippen molar-refractivity contribution in [2.45, 2.75) is 49.9 Å². The normalized spacial score (nSPS) is 31.3. The Balaban J connectivity index is 1.65. The van der Waals surface area contributed by atoms with E-state index in [1.165, 1.54) is 12.0 Å². The zero-order valence-corrected chi connectivity index (χ0v) is 15.3. The van der Waals surface area contributed by atoms with E-state index in [4.69, 9.17) is 9.47 Å². The number of aliphatic hydroxyl groups is 1. The Bertz CT molecular complexity index is 702. The van der Waals surface area contributed by atoms with Crippen LogP contribution in [-0.2, 0) is 21.7 Å². The summed E-state index contributed by atoms with van der Waals surface area (Å²) in [6, 6.07) is 20.7. The molecule has 0 bridgehead atoms. The van der Waals surface area contributed by atoms with E-state index < -0.39 is 11.4 Å². The molecular weight excluding hydrogens is 324 g/mol. The molecule has 3 atom stereocenters. The molecule has 26 heavy (non-hydrogen) atoms. The molecule has 1 aliphatic heterocycles. The zero-order chi connectivity index (χ0) is 17.9. The minimum atomic E-state index is -0.784. The standard InChI is InChI=1S/C23H28O3/c24-18-22-15-8-7-13-21(22)17-25-23(26-22,20-11-5-2-6-12-20)16-14-19-9-3-1-4-10-19/h1-6,9-12,21,24H,7-8,13-18H2/t21-,22-,23+/m0/s1. The number of hydrogen-bond donors (Lipinski definition) is 1. The van der Waals surface area contributed by atoms with Gasteiger partial charge in [-0.15, -0.1) is 0 Å². The van der Waals surface area contributed by atoms with Gasteiger partial charge < -0.3 is 14.6 Å². The van der Waals surface area contributed by atoms with E-state index in [9.17, 15) is 5.11 Å². The molecule has 1 saturated carbocycles. The first-order valence-corrected chi connectivity index (χ1v) is 9.81. The third-order valence-corrected chi connectivity index (χ3v) is 6.10. The van der Waals surface area contributed by atoms with Gasteiger partial charge in [0.15, 0.2) is 5.79 Å². The maximum absolute atomic E-state index is 10.3. The van der Waals surface area contributed by atoms with E-state index in [-0.39, 0.29) is 12.5 Å². The topological polar surface area (TPSA) is 38.7 Å². The molecular formula is C23H28O3. The van der Waals surface area contributed by atoms with Crippen molar-refractivity contribution in [2.75, 3.05) is 13.2 Å². The second kappa shape index (κ2) is 7.51. The maximum Gasteiger partial charge on any atom is 0.195 e. The Morgan fingerprint density at radius 1 is 0.962 bits per heavy atom. The van der Waals surface area contributed by atoms with Crippen molar-refractivity contribution in [3.8, 4) is 0 Å². The van der Waals surface area contributed by atoms with Gasteiger partial charge in [-0.2, -0.15) is 0 Å². The molecule has 2 aliphatic rings. The fraction of sp³-hybridized carbons (Fsp3) is 0.478. The van der Waals surface area contributed by atoms with Gasteiger partial charge in [-0.1, -0.05) is 73.5 Å². The van der Waals surface area contributed by atoms with Gasteiger partial charge in [0.1, 0.15) is 0 Å². The molecule has 1 N–H and O–H groups in total. The molecule has 3 heteroatoms. The number of benzene rings is 2. The number of aryl methyl sites for hydroxylation is 1. The fourth-order valence-electron chi connectivity index (χ4n) is 4.54. The number of ether oxygens (including phenoxy) is 2. The van der Waals surface area contributed by atoms with Crippen LogP contribution in [0.2, 0.25) is 0 Å². The lowest BCUT2D eigenvalue weighted by Crippen LogP contribution is -2.59. The molecule has 1 heterocycles. The van der Waals surface area contributed by atoms with Gasteiger partial charge in [0.2, 0.25) is 0 Å². The van der Waals surface area contributed by atoms with E-state index >= 15 is 0 Å². The lowest BCUT2D eigenvalue weighted by atomic mass is 9.74. The molecule has 0 aromatic heterocycles. The van der Waals surface area contributed by atoms with Crippen LogP contribution in [0, 0.1) is 5.92 Å². The van der Waals surface area contributed by atoms with Crippen LogP contribution in [0.15, 0.2) is 60.7 Å². The monoisotopic (exact) mass is 352 g/mol. The summed E-state index contributed by atoms with van der Waals surface area (Å²) >= 11 is 0. The Hall–Kier alpha value is -1.68. The van der Waals surface area contributed by atoms with Crippen LogP contribution in [0.5, 0.6) is 0 Å². The Morgan fingerprint density at radius 3 is 2.42 bits per heavy atom. The van der Waals surface area contributed by atoms with Gasteiger partial charge in [-0.3, -0.25) is 0 Å². The van der Waals surface area contributed by atoms with Gasteiger partial charge in [-0.05, 0) is 24.8 Å². The number of hydrogen-bond acceptors (Lipinski definition) is 3. The molecule has 2 aromatic rings. The predicted molar refractivity (Wildman–Crippen MR) is 102 cm³/mol. The van der Waals surface area contributed by atoms with Gasteiger partial charge in [0.05, 0.1) is 18.8 Å². The molecule has 4 rings (SSSR count). The number of aliphatic hydroxyl groups excluding tert-OH is 1. The third kappa shape index (κ3) is 3.32. The number of rotatable bonds is 5. The van der Waals surface area contributed by atoms with Crippen LogP contribution in [0.3, 0.4) is 0 Å². The molecule has 1 saturated heterocycles. The highest BCUT2D eigenvalue weighted by Gasteiger charge is 2.53. The van der Waals surface area contributed by atoms with Gasteiger partial charge in [0.25, 0.3) is 0 Å². The van der Waals surface area contributed by atoms with Gasteiger partial charge in [-0.25, -0.2) is 0 Å². The summed E-state index contributed by atoms with van der Waals surface area (Å²) in [6.45, 7) is 0.727. The lowest BCUT2D eigenvalue weighted by molar-refractivity contribution is -0.371. The van der Waals surface area contributed by atoms with Crippen molar-refractivity contribution in [1.82, 2.24) is 0 Å². The van der Waals surface area contributed by atoms with Crippen LogP contribution in [-0.4, -0.2) is 23.9 Å². The summed E-state index contributed by atoms with van der Waals surface area (Å²) in [5, 5.41) is 10.3. The molecule has 0 spiro atoms. The summed E-state index contributed by atoms with van der Waals surface area (Å²) in [5.41, 5.74) is 1.86. The average Bonchev–Trinajstić information content (AvgIpc) is 2.73. The van der Waals surface area contributed by atoms with E-state index in [1.807, 2.05) is 24.3 Å². The van der Waals surface area contributed by atoms with Crippen LogP contribution in [0.4, 0.5) is 0 Å². The zero-order valence-electron chi connectivity index (χ0n) is 15.3. The molecule has 0 unspecified atom stereocenters. The Kier molecular flexibility index (Phi) is 5.12. The first kappa shape index (κ1) is 17.7. The Labute approximate surface area is 156 Å². The largest absolute Gasteiger partial charge is 0.393 e. The SMILES string of the molecule is OC[C@@]12CCCC[C@H]1CO[C@@](CCc1ccccc1)(c1ccccc1)O2. The quantitative estimate of drug-likeness (QED) is 0.864. The molecule has 2 fully saturated rings. The summed E-state index contributed by atoms with van der Waals surface area (Å²) in [6.07, 6.45) is 5.92. The van der Waals surface area contributed by atoms with Crippen molar-refractivity contribution < 1.29 is 14.6 Å². The van der Waals surface area contributed by atoms with Crippen LogP contribution in [0.1, 0.15) is 43.2 Å². The van der Waals surface area contributed by atoms with Gasteiger partial charge in [0, 0.05) is 17.9 Å². The summed E-state index contributed by atoms with van der Waals surface area (Å²) < 4.78 is 13.2. The first-order valence-electron chi connectivity index (χ1n) is 9.81. The van der Waals surface area contributed by atoms with Crippen LogP contribution in [0.25, 0.3) is 0 Å². The Morgan fingerprint density at radius 2 is 1.69 bits per heavy atom. The average molecular weight is 352 g/mol. The number of fused-ring (bicyclic) bond motifs is 1. The minimum absolute atomic E-state index is 0.0704. The fourth-order valence-corrected chi connectivity index (χ4v) is 4.54. The summed E-state index contributed by atoms with van der Waals surface area (Å²) in [5.74, 6) is -0.497. The van der Waals surface area contributed by atoms with E-state index in [0.29, 0.717) is 6.61 Å². The molecule has 1 aliphatic carbocycles. The highest BCUT2D eigenvalue weighted by atomic mass is 16.7. The molecule has 138 valence electrons. The van der Waals surface area contributed by atoms with E-state index in [2.05, 4.69) is 36.4 Å². The second-order valence-corrected chi connectivity index (χ2v) is 7.68. The minimum Gasteiger partial charge on any atom is -0.393 e. The summed E-state index contributed by atoms with van der Waals surface area (Å²) in [7, 11) is 0. The predicted octanol–water partition coefficient (Wildman–Crippen LogP) is 4.44. The smallest absolute Gasteiger partial charge is 0.195 e. The van der Waals surface area contributed by atoms with Crippen LogP contribution >= 0.6 is 0 Å². The van der Waals surface area contributed by atoms with Crippen molar-refractivity contribution >= 4 is 0 Å². The molecule has 0 radical (unpaired) electrons.